The molecule has 1 heterocycles. The van der Waals surface area contributed by atoms with E-state index in [-0.39, 0.29) is 25.5 Å². The molecule has 2 amide bonds. The van der Waals surface area contributed by atoms with Gasteiger partial charge >= 0.3 is 5.97 Å². The van der Waals surface area contributed by atoms with E-state index in [2.05, 4.69) is 21.2 Å². The standard InChI is InChI=1S/C22H23BrN2O4/c1-13-6-4-5-7-19(13)25-11-16(10-21(25)27)22(28)29-12-20(26)24-18-9-14(2)17(23)8-15(18)3/h4-9,16H,10-12H2,1-3H3,(H,24,26)/t16-/m1/s1. The fourth-order valence-corrected chi connectivity index (χ4v) is 3.78. The lowest BCUT2D eigenvalue weighted by Crippen LogP contribution is -2.28. The van der Waals surface area contributed by atoms with Gasteiger partial charge in [-0.25, -0.2) is 0 Å². The number of nitrogens with one attached hydrogen (secondary N) is 1. The van der Waals surface area contributed by atoms with Crippen LogP contribution in [-0.2, 0) is 19.1 Å². The second-order valence-corrected chi connectivity index (χ2v) is 8.12. The van der Waals surface area contributed by atoms with Crippen LogP contribution in [0.4, 0.5) is 11.4 Å². The molecule has 0 bridgehead atoms. The molecule has 1 atom stereocenters. The third kappa shape index (κ3) is 4.85. The number of hydrogen-bond acceptors (Lipinski definition) is 4. The number of halogens is 1. The zero-order valence-corrected chi connectivity index (χ0v) is 18.2. The van der Waals surface area contributed by atoms with Crippen molar-refractivity contribution in [2.75, 3.05) is 23.4 Å². The summed E-state index contributed by atoms with van der Waals surface area (Å²) in [5.74, 6) is -1.64. The highest BCUT2D eigenvalue weighted by atomic mass is 79.9. The summed E-state index contributed by atoms with van der Waals surface area (Å²) in [6.45, 7) is 5.61. The van der Waals surface area contributed by atoms with Gasteiger partial charge in [-0.05, 0) is 55.7 Å². The van der Waals surface area contributed by atoms with E-state index in [0.29, 0.717) is 5.69 Å². The molecule has 6 nitrogen and oxygen atoms in total. The first-order valence-electron chi connectivity index (χ1n) is 9.35. The van der Waals surface area contributed by atoms with E-state index in [4.69, 9.17) is 4.74 Å². The number of rotatable bonds is 5. The molecule has 1 fully saturated rings. The summed E-state index contributed by atoms with van der Waals surface area (Å²) in [5, 5.41) is 2.76. The van der Waals surface area contributed by atoms with E-state index >= 15 is 0 Å². The van der Waals surface area contributed by atoms with Crippen LogP contribution in [0.2, 0.25) is 0 Å². The quantitative estimate of drug-likeness (QED) is 0.689. The van der Waals surface area contributed by atoms with Crippen LogP contribution < -0.4 is 10.2 Å². The Balaban J connectivity index is 1.56. The highest BCUT2D eigenvalue weighted by molar-refractivity contribution is 9.10. The van der Waals surface area contributed by atoms with Crippen molar-refractivity contribution >= 4 is 45.1 Å². The molecule has 0 aromatic heterocycles. The lowest BCUT2D eigenvalue weighted by Gasteiger charge is -2.18. The first kappa shape index (κ1) is 21.0. The Bertz CT molecular complexity index is 973. The molecule has 1 saturated heterocycles. The Hall–Kier alpha value is -2.67. The molecule has 0 aliphatic carbocycles. The topological polar surface area (TPSA) is 75.7 Å². The number of ether oxygens (including phenoxy) is 1. The minimum atomic E-state index is -0.577. The van der Waals surface area contributed by atoms with Gasteiger partial charge in [0.15, 0.2) is 6.61 Å². The number of para-hydroxylation sites is 1. The number of hydrogen-bond donors (Lipinski definition) is 1. The largest absolute Gasteiger partial charge is 0.455 e. The number of amides is 2. The third-order valence-corrected chi connectivity index (χ3v) is 5.84. The smallest absolute Gasteiger partial charge is 0.311 e. The van der Waals surface area contributed by atoms with Crippen LogP contribution in [0.1, 0.15) is 23.1 Å². The molecule has 0 spiro atoms. The first-order valence-corrected chi connectivity index (χ1v) is 10.1. The summed E-state index contributed by atoms with van der Waals surface area (Å²) in [6, 6.07) is 11.3. The summed E-state index contributed by atoms with van der Waals surface area (Å²) in [7, 11) is 0. The highest BCUT2D eigenvalue weighted by Crippen LogP contribution is 2.28. The van der Waals surface area contributed by atoms with Crippen LogP contribution in [-0.4, -0.2) is 30.9 Å². The molecule has 3 rings (SSSR count). The molecule has 1 aliphatic rings. The summed E-state index contributed by atoms with van der Waals surface area (Å²) in [5.41, 5.74) is 4.33. The molecule has 7 heteroatoms. The highest BCUT2D eigenvalue weighted by Gasteiger charge is 2.36. The van der Waals surface area contributed by atoms with E-state index < -0.39 is 17.8 Å². The van der Waals surface area contributed by atoms with Crippen molar-refractivity contribution in [2.24, 2.45) is 5.92 Å². The van der Waals surface area contributed by atoms with Crippen LogP contribution in [0.15, 0.2) is 40.9 Å². The molecule has 0 unspecified atom stereocenters. The molecule has 0 saturated carbocycles. The van der Waals surface area contributed by atoms with Crippen LogP contribution in [0.25, 0.3) is 0 Å². The van der Waals surface area contributed by atoms with Gasteiger partial charge in [-0.2, -0.15) is 0 Å². The van der Waals surface area contributed by atoms with Gasteiger partial charge in [0, 0.05) is 28.8 Å². The van der Waals surface area contributed by atoms with Crippen molar-refractivity contribution in [3.8, 4) is 0 Å². The fourth-order valence-electron chi connectivity index (χ4n) is 3.32. The molecular weight excluding hydrogens is 436 g/mol. The number of esters is 1. The number of anilines is 2. The summed E-state index contributed by atoms with van der Waals surface area (Å²) in [4.78, 5) is 38.5. The van der Waals surface area contributed by atoms with Crippen molar-refractivity contribution in [3.05, 3.63) is 57.6 Å². The van der Waals surface area contributed by atoms with Gasteiger partial charge in [0.1, 0.15) is 0 Å². The molecule has 2 aromatic rings. The Morgan fingerprint density at radius 3 is 2.59 bits per heavy atom. The third-order valence-electron chi connectivity index (χ3n) is 4.99. The maximum Gasteiger partial charge on any atom is 0.311 e. The van der Waals surface area contributed by atoms with Gasteiger partial charge in [-0.15, -0.1) is 0 Å². The van der Waals surface area contributed by atoms with E-state index in [9.17, 15) is 14.4 Å². The normalized spacial score (nSPS) is 16.1. The van der Waals surface area contributed by atoms with Gasteiger partial charge in [0.05, 0.1) is 5.92 Å². The SMILES string of the molecule is Cc1cc(NC(=O)COC(=O)[C@@H]2CC(=O)N(c3ccccc3C)C2)c(C)cc1Br. The Morgan fingerprint density at radius 1 is 1.14 bits per heavy atom. The monoisotopic (exact) mass is 458 g/mol. The van der Waals surface area contributed by atoms with Crippen LogP contribution >= 0.6 is 15.9 Å². The molecule has 0 radical (unpaired) electrons. The van der Waals surface area contributed by atoms with Crippen molar-refractivity contribution in [3.63, 3.8) is 0 Å². The van der Waals surface area contributed by atoms with Gasteiger partial charge in [0.2, 0.25) is 5.91 Å². The van der Waals surface area contributed by atoms with Crippen LogP contribution in [0.3, 0.4) is 0 Å². The number of nitrogens with zero attached hydrogens (tertiary/aromatic N) is 1. The molecule has 1 N–H and O–H groups in total. The predicted molar refractivity (Wildman–Crippen MR) is 115 cm³/mol. The van der Waals surface area contributed by atoms with Crippen molar-refractivity contribution in [1.29, 1.82) is 0 Å². The summed E-state index contributed by atoms with van der Waals surface area (Å²) in [6.07, 6.45) is 0.0831. The maximum absolute atomic E-state index is 12.4. The first-order chi connectivity index (χ1) is 13.8. The van der Waals surface area contributed by atoms with Crippen molar-refractivity contribution in [2.45, 2.75) is 27.2 Å². The van der Waals surface area contributed by atoms with Gasteiger partial charge in [-0.1, -0.05) is 34.1 Å². The average molecular weight is 459 g/mol. The van der Waals surface area contributed by atoms with Crippen molar-refractivity contribution < 1.29 is 19.1 Å². The van der Waals surface area contributed by atoms with Gasteiger partial charge in [-0.3, -0.25) is 14.4 Å². The summed E-state index contributed by atoms with van der Waals surface area (Å²) >= 11 is 3.45. The Kier molecular flexibility index (Phi) is 6.37. The molecule has 1 aliphatic heterocycles. The molecule has 152 valence electrons. The number of aryl methyl sites for hydroxylation is 3. The van der Waals surface area contributed by atoms with E-state index in [0.717, 1.165) is 26.9 Å². The fraction of sp³-hybridized carbons (Fsp3) is 0.318. The minimum absolute atomic E-state index is 0.0831. The van der Waals surface area contributed by atoms with E-state index in [1.807, 2.05) is 57.2 Å². The lowest BCUT2D eigenvalue weighted by atomic mass is 10.1. The Morgan fingerprint density at radius 2 is 1.86 bits per heavy atom. The zero-order valence-electron chi connectivity index (χ0n) is 16.6. The number of benzene rings is 2. The molecule has 2 aromatic carbocycles. The van der Waals surface area contributed by atoms with E-state index in [1.165, 1.54) is 0 Å². The van der Waals surface area contributed by atoms with Crippen molar-refractivity contribution in [1.82, 2.24) is 0 Å². The zero-order chi connectivity index (χ0) is 21.1. The van der Waals surface area contributed by atoms with Gasteiger partial charge in [0.25, 0.3) is 5.91 Å². The lowest BCUT2D eigenvalue weighted by molar-refractivity contribution is -0.151. The summed E-state index contributed by atoms with van der Waals surface area (Å²) < 4.78 is 6.14. The molecule has 29 heavy (non-hydrogen) atoms. The predicted octanol–water partition coefficient (Wildman–Crippen LogP) is 3.91. The number of carbonyl (C=O) groups is 3. The van der Waals surface area contributed by atoms with Crippen LogP contribution in [0, 0.1) is 26.7 Å². The van der Waals surface area contributed by atoms with Crippen LogP contribution in [0.5, 0.6) is 0 Å². The van der Waals surface area contributed by atoms with Gasteiger partial charge < -0.3 is 15.0 Å². The molecular formula is C22H23BrN2O4. The van der Waals surface area contributed by atoms with E-state index in [1.54, 1.807) is 4.90 Å². The minimum Gasteiger partial charge on any atom is -0.455 e. The Labute approximate surface area is 178 Å². The second kappa shape index (κ2) is 8.78. The maximum atomic E-state index is 12.4. The second-order valence-electron chi connectivity index (χ2n) is 7.26. The average Bonchev–Trinajstić information content (AvgIpc) is 3.06. The number of carbonyl (C=O) groups excluding carboxylic acids is 3.